The van der Waals surface area contributed by atoms with Crippen LogP contribution in [0, 0.1) is 0 Å². The highest BCUT2D eigenvalue weighted by Crippen LogP contribution is 2.10. The number of carbonyl (C=O) groups is 1. The minimum Gasteiger partial charge on any atom is -0.370 e. The SMILES string of the molecule is CCCCCCCCCCCC(=O)NC(C)N=C(N)N. The van der Waals surface area contributed by atoms with Crippen LogP contribution in [0.15, 0.2) is 4.99 Å². The van der Waals surface area contributed by atoms with E-state index >= 15 is 0 Å². The van der Waals surface area contributed by atoms with Gasteiger partial charge in [0.15, 0.2) is 5.96 Å². The largest absolute Gasteiger partial charge is 0.370 e. The zero-order valence-electron chi connectivity index (χ0n) is 13.2. The number of hydrogen-bond acceptors (Lipinski definition) is 2. The Bertz CT molecular complexity index is 275. The highest BCUT2D eigenvalue weighted by Gasteiger charge is 2.05. The van der Waals surface area contributed by atoms with E-state index in [2.05, 4.69) is 17.2 Å². The molecular formula is C15H32N4O. The summed E-state index contributed by atoms with van der Waals surface area (Å²) in [6.45, 7) is 3.99. The first-order valence-corrected chi connectivity index (χ1v) is 7.94. The Kier molecular flexibility index (Phi) is 12.0. The number of nitrogens with zero attached hydrogens (tertiary/aromatic N) is 1. The molecule has 0 aliphatic heterocycles. The van der Waals surface area contributed by atoms with Gasteiger partial charge in [0, 0.05) is 6.42 Å². The van der Waals surface area contributed by atoms with E-state index in [1.807, 2.05) is 0 Å². The van der Waals surface area contributed by atoms with Gasteiger partial charge in [-0.2, -0.15) is 0 Å². The van der Waals surface area contributed by atoms with E-state index in [0.29, 0.717) is 6.42 Å². The predicted octanol–water partition coefficient (Wildman–Crippen LogP) is 2.64. The van der Waals surface area contributed by atoms with Crippen LogP contribution in [0.4, 0.5) is 0 Å². The molecule has 0 aliphatic rings. The minimum atomic E-state index is -0.342. The molecular weight excluding hydrogens is 252 g/mol. The number of rotatable bonds is 12. The highest BCUT2D eigenvalue weighted by molar-refractivity contribution is 5.78. The number of guanidine groups is 1. The molecule has 5 N–H and O–H groups in total. The van der Waals surface area contributed by atoms with Crippen molar-refractivity contribution in [3.63, 3.8) is 0 Å². The van der Waals surface area contributed by atoms with Crippen molar-refractivity contribution < 1.29 is 4.79 Å². The van der Waals surface area contributed by atoms with Crippen LogP contribution in [0.3, 0.4) is 0 Å². The Morgan fingerprint density at radius 3 is 2.00 bits per heavy atom. The fourth-order valence-corrected chi connectivity index (χ4v) is 2.16. The molecule has 1 amide bonds. The monoisotopic (exact) mass is 284 g/mol. The van der Waals surface area contributed by atoms with Gasteiger partial charge in [0.2, 0.25) is 5.91 Å². The van der Waals surface area contributed by atoms with Crippen LogP contribution in [0.25, 0.3) is 0 Å². The van der Waals surface area contributed by atoms with Crippen LogP contribution in [0.1, 0.15) is 78.1 Å². The maximum Gasteiger partial charge on any atom is 0.221 e. The second-order valence-corrected chi connectivity index (χ2v) is 5.38. The molecule has 20 heavy (non-hydrogen) atoms. The first-order chi connectivity index (χ1) is 9.56. The average Bonchev–Trinajstić information content (AvgIpc) is 2.35. The molecule has 0 radical (unpaired) electrons. The van der Waals surface area contributed by atoms with Gasteiger partial charge in [-0.05, 0) is 13.3 Å². The molecule has 5 heteroatoms. The molecule has 5 nitrogen and oxygen atoms in total. The van der Waals surface area contributed by atoms with Gasteiger partial charge in [-0.1, -0.05) is 58.3 Å². The molecule has 0 saturated heterocycles. The highest BCUT2D eigenvalue weighted by atomic mass is 16.1. The maximum atomic E-state index is 11.6. The van der Waals surface area contributed by atoms with Crippen LogP contribution in [0.2, 0.25) is 0 Å². The van der Waals surface area contributed by atoms with Crippen molar-refractivity contribution in [1.29, 1.82) is 0 Å². The zero-order valence-corrected chi connectivity index (χ0v) is 13.2. The molecule has 0 heterocycles. The Hall–Kier alpha value is -1.26. The Morgan fingerprint density at radius 1 is 1.00 bits per heavy atom. The Labute approximate surface area is 123 Å². The van der Waals surface area contributed by atoms with Crippen LogP contribution in [0.5, 0.6) is 0 Å². The van der Waals surface area contributed by atoms with E-state index in [1.54, 1.807) is 6.92 Å². The molecule has 0 fully saturated rings. The molecule has 1 atom stereocenters. The third kappa shape index (κ3) is 13.2. The number of nitrogens with one attached hydrogen (secondary N) is 1. The summed E-state index contributed by atoms with van der Waals surface area (Å²) in [4.78, 5) is 15.4. The summed E-state index contributed by atoms with van der Waals surface area (Å²) in [5.74, 6) is 0.0197. The van der Waals surface area contributed by atoms with Gasteiger partial charge < -0.3 is 16.8 Å². The van der Waals surface area contributed by atoms with Gasteiger partial charge in [0.05, 0.1) is 0 Å². The summed E-state index contributed by atoms with van der Waals surface area (Å²) >= 11 is 0. The second-order valence-electron chi connectivity index (χ2n) is 5.38. The van der Waals surface area contributed by atoms with Gasteiger partial charge >= 0.3 is 0 Å². The molecule has 0 aromatic carbocycles. The zero-order chi connectivity index (χ0) is 15.2. The van der Waals surface area contributed by atoms with E-state index in [1.165, 1.54) is 44.9 Å². The maximum absolute atomic E-state index is 11.6. The molecule has 1 unspecified atom stereocenters. The van der Waals surface area contributed by atoms with Gasteiger partial charge in [-0.15, -0.1) is 0 Å². The summed E-state index contributed by atoms with van der Waals surface area (Å²) in [6, 6.07) is 0. The molecule has 0 aliphatic carbocycles. The minimum absolute atomic E-state index is 0.000808. The average molecular weight is 284 g/mol. The number of nitrogens with two attached hydrogens (primary N) is 2. The fourth-order valence-electron chi connectivity index (χ4n) is 2.16. The van der Waals surface area contributed by atoms with Crippen molar-refractivity contribution in [3.8, 4) is 0 Å². The Morgan fingerprint density at radius 2 is 1.50 bits per heavy atom. The van der Waals surface area contributed by atoms with Crippen LogP contribution in [-0.4, -0.2) is 18.0 Å². The summed E-state index contributed by atoms with van der Waals surface area (Å²) in [5.41, 5.74) is 10.5. The first-order valence-electron chi connectivity index (χ1n) is 7.94. The number of aliphatic imine (C=N–C) groups is 1. The smallest absolute Gasteiger partial charge is 0.221 e. The van der Waals surface area contributed by atoms with Crippen molar-refractivity contribution in [1.82, 2.24) is 5.32 Å². The molecule has 0 saturated carbocycles. The first kappa shape index (κ1) is 18.7. The number of carbonyl (C=O) groups excluding carboxylic acids is 1. The van der Waals surface area contributed by atoms with E-state index < -0.39 is 0 Å². The van der Waals surface area contributed by atoms with Crippen LogP contribution < -0.4 is 16.8 Å². The van der Waals surface area contributed by atoms with Gasteiger partial charge in [0.25, 0.3) is 0 Å². The van der Waals surface area contributed by atoms with Crippen LogP contribution >= 0.6 is 0 Å². The van der Waals surface area contributed by atoms with E-state index in [0.717, 1.165) is 12.8 Å². The predicted molar refractivity (Wildman–Crippen MR) is 85.3 cm³/mol. The topological polar surface area (TPSA) is 93.5 Å². The molecule has 0 aromatic heterocycles. The van der Waals surface area contributed by atoms with Crippen molar-refractivity contribution in [2.24, 2.45) is 16.5 Å². The lowest BCUT2D eigenvalue weighted by atomic mass is 10.1. The number of hydrogen-bond donors (Lipinski definition) is 3. The number of amides is 1. The van der Waals surface area contributed by atoms with Crippen molar-refractivity contribution in [2.45, 2.75) is 84.2 Å². The fraction of sp³-hybridized carbons (Fsp3) is 0.867. The summed E-state index contributed by atoms with van der Waals surface area (Å²) in [6.07, 6.45) is 11.5. The van der Waals surface area contributed by atoms with Crippen molar-refractivity contribution in [2.75, 3.05) is 0 Å². The lowest BCUT2D eigenvalue weighted by Crippen LogP contribution is -2.34. The molecule has 0 aromatic rings. The standard InChI is InChI=1S/C15H32N4O/c1-3-4-5-6-7-8-9-10-11-12-14(20)18-13(2)19-15(16)17/h13H,3-12H2,1-2H3,(H,18,20)(H4,16,17,19). The lowest BCUT2D eigenvalue weighted by Gasteiger charge is -2.09. The normalized spacial score (nSPS) is 11.9. The van der Waals surface area contributed by atoms with E-state index in [4.69, 9.17) is 11.5 Å². The third-order valence-corrected chi connectivity index (χ3v) is 3.22. The molecule has 118 valence electrons. The van der Waals surface area contributed by atoms with Gasteiger partial charge in [-0.25, -0.2) is 4.99 Å². The summed E-state index contributed by atoms with van der Waals surface area (Å²) < 4.78 is 0. The second kappa shape index (κ2) is 12.8. The van der Waals surface area contributed by atoms with Gasteiger partial charge in [-0.3, -0.25) is 4.79 Å². The summed E-state index contributed by atoms with van der Waals surface area (Å²) in [5, 5.41) is 2.75. The number of unbranched alkanes of at least 4 members (excludes halogenated alkanes) is 8. The third-order valence-electron chi connectivity index (χ3n) is 3.22. The molecule has 0 rings (SSSR count). The van der Waals surface area contributed by atoms with Gasteiger partial charge in [0.1, 0.15) is 6.17 Å². The quantitative estimate of drug-likeness (QED) is 0.292. The van der Waals surface area contributed by atoms with Crippen molar-refractivity contribution >= 4 is 11.9 Å². The Balaban J connectivity index is 3.38. The lowest BCUT2D eigenvalue weighted by molar-refractivity contribution is -0.121. The van der Waals surface area contributed by atoms with E-state index in [9.17, 15) is 4.79 Å². The molecule has 0 spiro atoms. The van der Waals surface area contributed by atoms with Crippen LogP contribution in [-0.2, 0) is 4.79 Å². The van der Waals surface area contributed by atoms with Crippen molar-refractivity contribution in [3.05, 3.63) is 0 Å². The van der Waals surface area contributed by atoms with E-state index in [-0.39, 0.29) is 18.0 Å². The summed E-state index contributed by atoms with van der Waals surface area (Å²) in [7, 11) is 0. The molecule has 0 bridgehead atoms.